The van der Waals surface area contributed by atoms with Gasteiger partial charge in [-0.05, 0) is 36.5 Å². The van der Waals surface area contributed by atoms with Gasteiger partial charge in [0.1, 0.15) is 11.1 Å². The van der Waals surface area contributed by atoms with Crippen molar-refractivity contribution in [2.75, 3.05) is 0 Å². The lowest BCUT2D eigenvalue weighted by molar-refractivity contribution is 0.399. The summed E-state index contributed by atoms with van der Waals surface area (Å²) in [6.07, 6.45) is 5.98. The number of nitrogens with one attached hydrogen (secondary N) is 1. The topological polar surface area (TPSA) is 73.0 Å². The van der Waals surface area contributed by atoms with E-state index in [1.807, 2.05) is 30.3 Å². The van der Waals surface area contributed by atoms with Crippen molar-refractivity contribution in [3.8, 4) is 0 Å². The number of rotatable bonds is 5. The maximum Gasteiger partial charge on any atom is 0.262 e. The predicted octanol–water partition coefficient (Wildman–Crippen LogP) is 3.79. The minimum Gasteiger partial charge on any atom is -0.364 e. The number of aromatic nitrogens is 3. The second kappa shape index (κ2) is 7.74. The van der Waals surface area contributed by atoms with Crippen LogP contribution in [0.25, 0.3) is 10.2 Å². The highest BCUT2D eigenvalue weighted by atomic mass is 35.5. The van der Waals surface area contributed by atoms with Crippen LogP contribution >= 0.6 is 22.9 Å². The van der Waals surface area contributed by atoms with Crippen molar-refractivity contribution in [1.82, 2.24) is 20.0 Å². The Morgan fingerprint density at radius 2 is 2.21 bits per heavy atom. The fourth-order valence-corrected chi connectivity index (χ4v) is 5.33. The van der Waals surface area contributed by atoms with Crippen molar-refractivity contribution in [1.29, 1.82) is 0 Å². The minimum absolute atomic E-state index is 0.0152. The molecule has 0 bridgehead atoms. The van der Waals surface area contributed by atoms with Crippen molar-refractivity contribution < 1.29 is 4.52 Å². The average Bonchev–Trinajstić information content (AvgIpc) is 3.37. The maximum absolute atomic E-state index is 13.2. The molecule has 0 saturated carbocycles. The summed E-state index contributed by atoms with van der Waals surface area (Å²) < 4.78 is 6.54. The molecular formula is C21H19ClN4O2S. The highest BCUT2D eigenvalue weighted by Gasteiger charge is 2.25. The van der Waals surface area contributed by atoms with Gasteiger partial charge in [0.2, 0.25) is 0 Å². The van der Waals surface area contributed by atoms with Gasteiger partial charge in [-0.25, -0.2) is 4.98 Å². The zero-order valence-corrected chi connectivity index (χ0v) is 17.2. The van der Waals surface area contributed by atoms with Gasteiger partial charge >= 0.3 is 0 Å². The van der Waals surface area contributed by atoms with Crippen molar-refractivity contribution in [3.05, 3.63) is 80.0 Å². The molecule has 5 rings (SSSR count). The van der Waals surface area contributed by atoms with Crippen LogP contribution in [0.2, 0.25) is 5.02 Å². The summed E-state index contributed by atoms with van der Waals surface area (Å²) >= 11 is 7.91. The standard InChI is InChI=1S/C21H19ClN4O2S/c22-17-4-2-1-3-13(17)11-26-12-24-20-19(21(26)27)16-6-5-14(9-18(16)29-20)23-10-15-7-8-28-25-15/h1-4,7-8,12,14,23H,5-6,9-11H2. The molecule has 1 aliphatic rings. The van der Waals surface area contributed by atoms with Crippen LogP contribution < -0.4 is 10.9 Å². The molecule has 0 saturated heterocycles. The highest BCUT2D eigenvalue weighted by Crippen LogP contribution is 2.33. The van der Waals surface area contributed by atoms with Crippen LogP contribution in [0.1, 0.15) is 28.1 Å². The third-order valence-electron chi connectivity index (χ3n) is 5.40. The number of benzene rings is 1. The smallest absolute Gasteiger partial charge is 0.262 e. The first-order chi connectivity index (χ1) is 14.2. The van der Waals surface area contributed by atoms with Crippen LogP contribution in [-0.2, 0) is 25.9 Å². The predicted molar refractivity (Wildman–Crippen MR) is 114 cm³/mol. The lowest BCUT2D eigenvalue weighted by atomic mass is 9.93. The molecule has 8 heteroatoms. The number of aryl methyl sites for hydroxylation is 1. The molecule has 0 fully saturated rings. The van der Waals surface area contributed by atoms with Crippen LogP contribution in [0.15, 0.2) is 52.2 Å². The van der Waals surface area contributed by atoms with E-state index in [4.69, 9.17) is 16.1 Å². The minimum atomic E-state index is 0.0152. The average molecular weight is 427 g/mol. The van der Waals surface area contributed by atoms with Gasteiger partial charge in [0, 0.05) is 28.6 Å². The molecule has 1 aromatic carbocycles. The molecule has 1 N–H and O–H groups in total. The SMILES string of the molecule is O=c1c2c3c(sc2ncn1Cc1ccccc1Cl)CC(NCc1ccon1)CC3. The first-order valence-corrected chi connectivity index (χ1v) is 10.7. The van der Waals surface area contributed by atoms with E-state index >= 15 is 0 Å². The number of thiophene rings is 1. The zero-order valence-electron chi connectivity index (χ0n) is 15.6. The molecule has 29 heavy (non-hydrogen) atoms. The summed E-state index contributed by atoms with van der Waals surface area (Å²) in [5, 5.41) is 8.92. The largest absolute Gasteiger partial charge is 0.364 e. The Morgan fingerprint density at radius 3 is 3.03 bits per heavy atom. The van der Waals surface area contributed by atoms with Crippen molar-refractivity contribution >= 4 is 33.2 Å². The van der Waals surface area contributed by atoms with E-state index in [2.05, 4.69) is 15.5 Å². The highest BCUT2D eigenvalue weighted by molar-refractivity contribution is 7.18. The Bertz CT molecular complexity index is 1220. The quantitative estimate of drug-likeness (QED) is 0.525. The Morgan fingerprint density at radius 1 is 1.31 bits per heavy atom. The van der Waals surface area contributed by atoms with Gasteiger partial charge < -0.3 is 9.84 Å². The van der Waals surface area contributed by atoms with E-state index in [-0.39, 0.29) is 5.56 Å². The van der Waals surface area contributed by atoms with Crippen LogP contribution in [0.3, 0.4) is 0 Å². The van der Waals surface area contributed by atoms with E-state index in [0.717, 1.165) is 46.3 Å². The van der Waals surface area contributed by atoms with Crippen LogP contribution in [0.4, 0.5) is 0 Å². The van der Waals surface area contributed by atoms with E-state index in [0.29, 0.717) is 24.2 Å². The molecule has 0 radical (unpaired) electrons. The molecule has 3 heterocycles. The van der Waals surface area contributed by atoms with Gasteiger partial charge in [0.05, 0.1) is 24.0 Å². The van der Waals surface area contributed by atoms with Crippen molar-refractivity contribution in [2.24, 2.45) is 0 Å². The number of nitrogens with zero attached hydrogens (tertiary/aromatic N) is 3. The monoisotopic (exact) mass is 426 g/mol. The second-order valence-corrected chi connectivity index (χ2v) is 8.76. The first-order valence-electron chi connectivity index (χ1n) is 9.55. The maximum atomic E-state index is 13.2. The Labute approximate surface area is 176 Å². The number of hydrogen-bond acceptors (Lipinski definition) is 6. The fourth-order valence-electron chi connectivity index (χ4n) is 3.88. The molecule has 1 atom stereocenters. The molecule has 148 valence electrons. The van der Waals surface area contributed by atoms with Crippen LogP contribution in [0.5, 0.6) is 0 Å². The lowest BCUT2D eigenvalue weighted by Gasteiger charge is -2.23. The number of hydrogen-bond donors (Lipinski definition) is 1. The van der Waals surface area contributed by atoms with Crippen molar-refractivity contribution in [3.63, 3.8) is 0 Å². The molecule has 3 aromatic heterocycles. The van der Waals surface area contributed by atoms with E-state index < -0.39 is 0 Å². The lowest BCUT2D eigenvalue weighted by Crippen LogP contribution is -2.34. The zero-order chi connectivity index (χ0) is 19.8. The van der Waals surface area contributed by atoms with Crippen LogP contribution in [-0.4, -0.2) is 20.7 Å². The molecule has 4 aromatic rings. The van der Waals surface area contributed by atoms with E-state index in [9.17, 15) is 4.79 Å². The molecule has 1 unspecified atom stereocenters. The first kappa shape index (κ1) is 18.5. The molecular weight excluding hydrogens is 408 g/mol. The summed E-state index contributed by atoms with van der Waals surface area (Å²) in [6, 6.07) is 9.82. The van der Waals surface area contributed by atoms with Gasteiger partial charge in [-0.1, -0.05) is 35.0 Å². The second-order valence-electron chi connectivity index (χ2n) is 7.26. The normalized spacial score (nSPS) is 16.2. The number of halogens is 1. The number of fused-ring (bicyclic) bond motifs is 3. The van der Waals surface area contributed by atoms with Gasteiger partial charge in [-0.3, -0.25) is 9.36 Å². The molecule has 1 aliphatic carbocycles. The molecule has 6 nitrogen and oxygen atoms in total. The van der Waals surface area contributed by atoms with E-state index in [1.54, 1.807) is 28.5 Å². The molecule has 0 aliphatic heterocycles. The Kier molecular flexibility index (Phi) is 4.95. The van der Waals surface area contributed by atoms with Crippen LogP contribution in [0, 0.1) is 0 Å². The summed E-state index contributed by atoms with van der Waals surface area (Å²) in [6.45, 7) is 1.11. The van der Waals surface area contributed by atoms with Crippen molar-refractivity contribution in [2.45, 2.75) is 38.4 Å². The van der Waals surface area contributed by atoms with Gasteiger partial charge in [-0.15, -0.1) is 11.3 Å². The third kappa shape index (κ3) is 3.61. The van der Waals surface area contributed by atoms with E-state index in [1.165, 1.54) is 4.88 Å². The summed E-state index contributed by atoms with van der Waals surface area (Å²) in [7, 11) is 0. The third-order valence-corrected chi connectivity index (χ3v) is 6.93. The summed E-state index contributed by atoms with van der Waals surface area (Å²) in [4.78, 5) is 19.9. The summed E-state index contributed by atoms with van der Waals surface area (Å²) in [5.74, 6) is 0. The van der Waals surface area contributed by atoms with Gasteiger partial charge in [0.15, 0.2) is 0 Å². The van der Waals surface area contributed by atoms with Gasteiger partial charge in [0.25, 0.3) is 5.56 Å². The fraction of sp³-hybridized carbons (Fsp3) is 0.286. The molecule has 0 spiro atoms. The summed E-state index contributed by atoms with van der Waals surface area (Å²) in [5.41, 5.74) is 2.99. The Hall–Kier alpha value is -2.48. The van der Waals surface area contributed by atoms with Gasteiger partial charge in [-0.2, -0.15) is 0 Å². The Balaban J connectivity index is 1.41. The molecule has 0 amide bonds.